The fraction of sp³-hybridized carbons (Fsp3) is 0.667. The van der Waals surface area contributed by atoms with Crippen molar-refractivity contribution in [2.45, 2.75) is 44.7 Å². The summed E-state index contributed by atoms with van der Waals surface area (Å²) in [5.74, 6) is 1.36. The van der Waals surface area contributed by atoms with Crippen LogP contribution in [0.25, 0.3) is 0 Å². The molecule has 3 aliphatic rings. The Morgan fingerprint density at radius 3 is 2.69 bits per heavy atom. The van der Waals surface area contributed by atoms with Crippen molar-refractivity contribution in [1.29, 1.82) is 0 Å². The number of nitrogens with zero attached hydrogens (tertiary/aromatic N) is 2. The average molecular weight is 420 g/mol. The molecule has 3 atom stereocenters. The average Bonchev–Trinajstić information content (AvgIpc) is 2.70. The number of anilines is 1. The van der Waals surface area contributed by atoms with Gasteiger partial charge in [0.1, 0.15) is 0 Å². The van der Waals surface area contributed by atoms with Crippen LogP contribution in [0.15, 0.2) is 16.9 Å². The topological polar surface area (TPSA) is 75.8 Å². The highest BCUT2D eigenvalue weighted by atomic mass is 32.2. The van der Waals surface area contributed by atoms with Gasteiger partial charge < -0.3 is 19.7 Å². The molecule has 29 heavy (non-hydrogen) atoms. The van der Waals surface area contributed by atoms with E-state index in [0.29, 0.717) is 23.6 Å². The van der Waals surface area contributed by atoms with Crippen molar-refractivity contribution in [3.8, 4) is 0 Å². The maximum absolute atomic E-state index is 12.5. The van der Waals surface area contributed by atoms with E-state index in [2.05, 4.69) is 5.32 Å². The Bertz CT molecular complexity index is 847. The quantitative estimate of drug-likeness (QED) is 0.729. The number of aromatic nitrogens is 1. The first kappa shape index (κ1) is 20.5. The number of piperidine rings is 2. The van der Waals surface area contributed by atoms with Gasteiger partial charge in [0.15, 0.2) is 0 Å². The van der Waals surface area contributed by atoms with Crippen LogP contribution in [0.1, 0.15) is 37.8 Å². The second-order valence-electron chi connectivity index (χ2n) is 8.71. The molecule has 2 bridgehead atoms. The minimum Gasteiger partial charge on any atom is -0.342 e. The van der Waals surface area contributed by atoms with Gasteiger partial charge >= 0.3 is 0 Å². The molecule has 2 saturated heterocycles. The van der Waals surface area contributed by atoms with Crippen LogP contribution < -0.4 is 15.8 Å². The third kappa shape index (κ3) is 4.23. The first-order valence-electron chi connectivity index (χ1n) is 10.6. The Hall–Kier alpha value is -1.80. The summed E-state index contributed by atoms with van der Waals surface area (Å²) in [5.41, 5.74) is 1.86. The van der Waals surface area contributed by atoms with Gasteiger partial charge in [-0.05, 0) is 18.7 Å². The fourth-order valence-corrected chi connectivity index (χ4v) is 5.86. The first-order valence-corrected chi connectivity index (χ1v) is 12.0. The van der Waals surface area contributed by atoms with Crippen molar-refractivity contribution in [3.05, 3.63) is 28.2 Å². The van der Waals surface area contributed by atoms with Crippen LogP contribution in [0.2, 0.25) is 0 Å². The lowest BCUT2D eigenvalue weighted by molar-refractivity contribution is -0.937. The van der Waals surface area contributed by atoms with Gasteiger partial charge in [-0.2, -0.15) is 11.8 Å². The number of fused-ring (bicyclic) bond motifs is 4. The van der Waals surface area contributed by atoms with E-state index in [1.54, 1.807) is 24.0 Å². The number of carbonyl (C=O) groups excluding carboxylic acids is 2. The van der Waals surface area contributed by atoms with E-state index < -0.39 is 0 Å². The van der Waals surface area contributed by atoms with Gasteiger partial charge in [0.05, 0.1) is 42.2 Å². The Morgan fingerprint density at radius 2 is 2.00 bits per heavy atom. The van der Waals surface area contributed by atoms with E-state index in [1.807, 2.05) is 15.7 Å². The van der Waals surface area contributed by atoms with E-state index in [4.69, 9.17) is 0 Å². The van der Waals surface area contributed by atoms with Gasteiger partial charge in [-0.3, -0.25) is 14.4 Å². The molecule has 4 heterocycles. The number of thioether (sulfide) groups is 1. The minimum atomic E-state index is -0.0160. The monoisotopic (exact) mass is 419 g/mol. The zero-order valence-electron chi connectivity index (χ0n) is 17.3. The summed E-state index contributed by atoms with van der Waals surface area (Å²) < 4.78 is 1.91. The molecular formula is C21H31N4O3S+. The number of nitrogens with one attached hydrogen (secondary N) is 2. The molecule has 2 amide bonds. The molecule has 7 nitrogen and oxygen atoms in total. The molecule has 1 aromatic rings. The van der Waals surface area contributed by atoms with Gasteiger partial charge in [-0.25, -0.2) is 0 Å². The highest BCUT2D eigenvalue weighted by Gasteiger charge is 2.42. The maximum atomic E-state index is 12.5. The number of likely N-dealkylation sites (tertiary alicyclic amines) is 2. The molecule has 1 aromatic heterocycles. The van der Waals surface area contributed by atoms with Crippen LogP contribution in [-0.2, 0) is 16.1 Å². The summed E-state index contributed by atoms with van der Waals surface area (Å²) in [6.45, 7) is 6.19. The van der Waals surface area contributed by atoms with Crippen molar-refractivity contribution >= 4 is 29.3 Å². The van der Waals surface area contributed by atoms with E-state index in [1.165, 1.54) is 11.8 Å². The van der Waals surface area contributed by atoms with Crippen molar-refractivity contribution in [2.24, 2.45) is 5.92 Å². The fourth-order valence-electron chi connectivity index (χ4n) is 5.53. The molecule has 158 valence electrons. The third-order valence-electron chi connectivity index (χ3n) is 6.80. The van der Waals surface area contributed by atoms with Gasteiger partial charge in [-0.1, -0.05) is 0 Å². The van der Waals surface area contributed by atoms with Crippen molar-refractivity contribution in [3.63, 3.8) is 0 Å². The van der Waals surface area contributed by atoms with Crippen molar-refractivity contribution in [2.75, 3.05) is 43.5 Å². The molecule has 4 rings (SSSR count). The SMILES string of the molecule is CSCC(=O)Nc1ccc(=O)n2c1[C@@H]1C[C@H](C2)C[NH+](C2CCN(C(C)=O)CC2)C1. The van der Waals surface area contributed by atoms with E-state index >= 15 is 0 Å². The maximum Gasteiger partial charge on any atom is 0.250 e. The Labute approximate surface area is 175 Å². The summed E-state index contributed by atoms with van der Waals surface area (Å²) in [5, 5.41) is 3.04. The van der Waals surface area contributed by atoms with Gasteiger partial charge in [0, 0.05) is 51.4 Å². The number of amides is 2. The van der Waals surface area contributed by atoms with Crippen LogP contribution in [0.4, 0.5) is 5.69 Å². The molecule has 2 N–H and O–H groups in total. The van der Waals surface area contributed by atoms with Crippen molar-refractivity contribution < 1.29 is 14.5 Å². The van der Waals surface area contributed by atoms with Crippen LogP contribution in [0.3, 0.4) is 0 Å². The number of rotatable bonds is 4. The number of pyridine rings is 1. The predicted octanol–water partition coefficient (Wildman–Crippen LogP) is 0.163. The number of carbonyl (C=O) groups is 2. The minimum absolute atomic E-state index is 0.0160. The predicted molar refractivity (Wildman–Crippen MR) is 115 cm³/mol. The van der Waals surface area contributed by atoms with Crippen molar-refractivity contribution in [1.82, 2.24) is 9.47 Å². The highest BCUT2D eigenvalue weighted by molar-refractivity contribution is 7.99. The van der Waals surface area contributed by atoms with Gasteiger partial charge in [-0.15, -0.1) is 0 Å². The zero-order chi connectivity index (χ0) is 20.5. The lowest BCUT2D eigenvalue weighted by atomic mass is 9.81. The van der Waals surface area contributed by atoms with E-state index in [-0.39, 0.29) is 17.4 Å². The normalized spacial score (nSPS) is 26.7. The lowest BCUT2D eigenvalue weighted by Crippen LogP contribution is -3.18. The molecule has 0 spiro atoms. The zero-order valence-corrected chi connectivity index (χ0v) is 18.1. The highest BCUT2D eigenvalue weighted by Crippen LogP contribution is 2.35. The van der Waals surface area contributed by atoms with Crippen LogP contribution >= 0.6 is 11.8 Å². The third-order valence-corrected chi connectivity index (χ3v) is 7.35. The smallest absolute Gasteiger partial charge is 0.250 e. The van der Waals surface area contributed by atoms with Crippen LogP contribution in [0, 0.1) is 5.92 Å². The number of quaternary nitrogens is 1. The molecule has 2 fully saturated rings. The molecule has 0 saturated carbocycles. The molecule has 0 aliphatic carbocycles. The second kappa shape index (κ2) is 8.52. The molecule has 1 unspecified atom stereocenters. The van der Waals surface area contributed by atoms with Crippen LogP contribution in [0.5, 0.6) is 0 Å². The molecule has 0 aromatic carbocycles. The Morgan fingerprint density at radius 1 is 1.24 bits per heavy atom. The largest absolute Gasteiger partial charge is 0.342 e. The molecule has 3 aliphatic heterocycles. The summed E-state index contributed by atoms with van der Waals surface area (Å²) in [6, 6.07) is 3.95. The molecule has 0 radical (unpaired) electrons. The first-order chi connectivity index (χ1) is 14.0. The number of hydrogen-bond acceptors (Lipinski definition) is 4. The summed E-state index contributed by atoms with van der Waals surface area (Å²) >= 11 is 1.50. The summed E-state index contributed by atoms with van der Waals surface area (Å²) in [4.78, 5) is 39.9. The lowest BCUT2D eigenvalue weighted by Gasteiger charge is -2.45. The molecule has 8 heteroatoms. The van der Waals surface area contributed by atoms with Gasteiger partial charge in [0.25, 0.3) is 5.56 Å². The van der Waals surface area contributed by atoms with E-state index in [9.17, 15) is 14.4 Å². The van der Waals surface area contributed by atoms with Gasteiger partial charge in [0.2, 0.25) is 11.8 Å². The molecular weight excluding hydrogens is 388 g/mol. The Kier molecular flexibility index (Phi) is 6.01. The Balaban J connectivity index is 1.54. The second-order valence-corrected chi connectivity index (χ2v) is 9.57. The van der Waals surface area contributed by atoms with Crippen LogP contribution in [-0.4, -0.2) is 65.5 Å². The summed E-state index contributed by atoms with van der Waals surface area (Å²) in [7, 11) is 0. The van der Waals surface area contributed by atoms with E-state index in [0.717, 1.165) is 63.4 Å². The standard InChI is InChI=1S/C21H30N4O3S/c1-14(26)23-7-5-17(6-8-23)24-10-15-9-16(12-24)21-18(22-19(27)13-29-2)3-4-20(28)25(21)11-15/h3-4,15-17H,5-13H2,1-2H3,(H,22,27)/p+1/t15-,16+/m0/s1. The number of hydrogen-bond donors (Lipinski definition) is 2. The summed E-state index contributed by atoms with van der Waals surface area (Å²) in [6.07, 6.45) is 5.10.